The maximum absolute atomic E-state index is 13.7. The molecule has 4 aromatic rings. The van der Waals surface area contributed by atoms with Gasteiger partial charge in [0.15, 0.2) is 6.61 Å². The number of primary amides is 1. The van der Waals surface area contributed by atoms with Crippen LogP contribution in [0.1, 0.15) is 27.0 Å². The molecule has 0 radical (unpaired) electrons. The van der Waals surface area contributed by atoms with Crippen molar-refractivity contribution in [1.29, 1.82) is 0 Å². The molecule has 0 bridgehead atoms. The minimum absolute atomic E-state index is 0.0254. The highest BCUT2D eigenvalue weighted by Crippen LogP contribution is 2.31. The van der Waals surface area contributed by atoms with Crippen molar-refractivity contribution < 1.29 is 22.7 Å². The number of carbonyl (C=O) groups excluding carboxylic acids is 2. The molecule has 4 rings (SSSR count). The van der Waals surface area contributed by atoms with Crippen LogP contribution in [0, 0.1) is 6.92 Å². The van der Waals surface area contributed by atoms with Gasteiger partial charge >= 0.3 is 0 Å². The van der Waals surface area contributed by atoms with Gasteiger partial charge in [0.25, 0.3) is 21.8 Å². The van der Waals surface area contributed by atoms with E-state index in [4.69, 9.17) is 22.1 Å². The molecule has 9 nitrogen and oxygen atoms in total. The summed E-state index contributed by atoms with van der Waals surface area (Å²) in [7, 11) is -3.92. The van der Waals surface area contributed by atoms with Gasteiger partial charge in [-0.05, 0) is 84.3 Å². The number of rotatable bonds is 11. The van der Waals surface area contributed by atoms with E-state index in [2.05, 4.69) is 10.5 Å². The van der Waals surface area contributed by atoms with E-state index in [1.807, 2.05) is 6.92 Å². The summed E-state index contributed by atoms with van der Waals surface area (Å²) < 4.78 is 33.8. The van der Waals surface area contributed by atoms with Crippen molar-refractivity contribution in [3.05, 3.63) is 124 Å². The molecule has 0 aliphatic rings. The fourth-order valence-corrected chi connectivity index (χ4v) is 5.53. The molecule has 0 aliphatic heterocycles. The molecule has 0 saturated carbocycles. The summed E-state index contributed by atoms with van der Waals surface area (Å²) in [5.41, 5.74) is 10.4. The number of hydrogen-bond acceptors (Lipinski definition) is 6. The number of amides is 2. The van der Waals surface area contributed by atoms with Crippen molar-refractivity contribution >= 4 is 45.3 Å². The Hall–Kier alpha value is -4.67. The summed E-state index contributed by atoms with van der Waals surface area (Å²) in [4.78, 5) is 23.6. The fourth-order valence-electron chi connectivity index (χ4n) is 3.83. The van der Waals surface area contributed by atoms with E-state index in [9.17, 15) is 18.0 Å². The SMILES string of the molecule is Cc1ccc(Cl)cc1N(Cc1ccc(C(=O)N/N=C\c2ccc(OCC(N)=O)cc2)cc1)S(=O)(=O)c1ccccc1. The van der Waals surface area contributed by atoms with Crippen LogP contribution in [-0.2, 0) is 21.4 Å². The van der Waals surface area contributed by atoms with Gasteiger partial charge in [-0.1, -0.05) is 48.0 Å². The molecule has 0 saturated heterocycles. The predicted molar refractivity (Wildman–Crippen MR) is 159 cm³/mol. The monoisotopic (exact) mass is 590 g/mol. The highest BCUT2D eigenvalue weighted by molar-refractivity contribution is 7.92. The fraction of sp³-hybridized carbons (Fsp3) is 0.100. The number of ether oxygens (including phenoxy) is 1. The van der Waals surface area contributed by atoms with Crippen LogP contribution in [-0.4, -0.2) is 33.1 Å². The Labute approximate surface area is 243 Å². The molecule has 0 aromatic heterocycles. The molecule has 0 fully saturated rings. The van der Waals surface area contributed by atoms with Gasteiger partial charge in [0, 0.05) is 10.6 Å². The van der Waals surface area contributed by atoms with Crippen LogP contribution in [0.5, 0.6) is 5.75 Å². The Balaban J connectivity index is 1.47. The van der Waals surface area contributed by atoms with Crippen molar-refractivity contribution in [2.24, 2.45) is 10.8 Å². The van der Waals surface area contributed by atoms with Gasteiger partial charge in [-0.25, -0.2) is 13.8 Å². The average molecular weight is 591 g/mol. The Morgan fingerprint density at radius 3 is 2.32 bits per heavy atom. The Morgan fingerprint density at radius 2 is 1.66 bits per heavy atom. The lowest BCUT2D eigenvalue weighted by molar-refractivity contribution is -0.119. The molecule has 0 aliphatic carbocycles. The van der Waals surface area contributed by atoms with E-state index in [0.29, 0.717) is 33.1 Å². The number of hydrazone groups is 1. The second kappa shape index (κ2) is 13.1. The Morgan fingerprint density at radius 1 is 0.976 bits per heavy atom. The summed E-state index contributed by atoms with van der Waals surface area (Å²) in [6, 6.07) is 26.6. The summed E-state index contributed by atoms with van der Waals surface area (Å²) in [6.07, 6.45) is 1.46. The summed E-state index contributed by atoms with van der Waals surface area (Å²) in [5.74, 6) is -0.531. The van der Waals surface area contributed by atoms with Gasteiger partial charge in [-0.2, -0.15) is 5.10 Å². The number of nitrogens with one attached hydrogen (secondary N) is 1. The number of carbonyl (C=O) groups is 2. The maximum atomic E-state index is 13.7. The second-order valence-corrected chi connectivity index (χ2v) is 11.3. The Kier molecular flexibility index (Phi) is 9.38. The van der Waals surface area contributed by atoms with Gasteiger partial charge in [0.1, 0.15) is 5.75 Å². The highest BCUT2D eigenvalue weighted by Gasteiger charge is 2.26. The van der Waals surface area contributed by atoms with E-state index in [1.165, 1.54) is 10.5 Å². The molecular formula is C30H27ClN4O5S. The van der Waals surface area contributed by atoms with Crippen LogP contribution >= 0.6 is 11.6 Å². The van der Waals surface area contributed by atoms with Crippen molar-refractivity contribution in [1.82, 2.24) is 5.43 Å². The lowest BCUT2D eigenvalue weighted by Gasteiger charge is -2.26. The van der Waals surface area contributed by atoms with Crippen LogP contribution in [0.25, 0.3) is 0 Å². The lowest BCUT2D eigenvalue weighted by atomic mass is 10.1. The van der Waals surface area contributed by atoms with Crippen LogP contribution < -0.4 is 20.2 Å². The third kappa shape index (κ3) is 7.71. The minimum Gasteiger partial charge on any atom is -0.484 e. The largest absolute Gasteiger partial charge is 0.484 e. The first kappa shape index (κ1) is 29.3. The molecule has 0 spiro atoms. The average Bonchev–Trinajstić information content (AvgIpc) is 2.97. The van der Waals surface area contributed by atoms with Gasteiger partial charge in [-0.3, -0.25) is 13.9 Å². The third-order valence-corrected chi connectivity index (χ3v) is 7.96. The number of benzene rings is 4. The van der Waals surface area contributed by atoms with Crippen LogP contribution in [0.3, 0.4) is 0 Å². The zero-order valence-corrected chi connectivity index (χ0v) is 23.6. The van der Waals surface area contributed by atoms with Crippen LogP contribution in [0.15, 0.2) is 107 Å². The topological polar surface area (TPSA) is 131 Å². The van der Waals surface area contributed by atoms with Gasteiger partial charge in [0.05, 0.1) is 23.3 Å². The molecule has 3 N–H and O–H groups in total. The molecule has 0 atom stereocenters. The van der Waals surface area contributed by atoms with Crippen molar-refractivity contribution in [3.8, 4) is 5.75 Å². The van der Waals surface area contributed by atoms with E-state index in [-0.39, 0.29) is 18.0 Å². The first-order valence-corrected chi connectivity index (χ1v) is 14.2. The first-order valence-electron chi connectivity index (χ1n) is 12.4. The quantitative estimate of drug-likeness (QED) is 0.194. The van der Waals surface area contributed by atoms with E-state index < -0.39 is 21.8 Å². The van der Waals surface area contributed by atoms with Crippen LogP contribution in [0.2, 0.25) is 5.02 Å². The third-order valence-electron chi connectivity index (χ3n) is 5.95. The molecule has 0 unspecified atom stereocenters. The van der Waals surface area contributed by atoms with Gasteiger partial charge < -0.3 is 10.5 Å². The minimum atomic E-state index is -3.92. The molecule has 0 heterocycles. The normalized spacial score (nSPS) is 11.3. The molecular weight excluding hydrogens is 564 g/mol. The van der Waals surface area contributed by atoms with Crippen molar-refractivity contribution in [2.75, 3.05) is 10.9 Å². The number of aryl methyl sites for hydroxylation is 1. The highest BCUT2D eigenvalue weighted by atomic mass is 35.5. The zero-order chi connectivity index (χ0) is 29.4. The summed E-state index contributed by atoms with van der Waals surface area (Å²) in [6.45, 7) is 1.63. The van der Waals surface area contributed by atoms with Crippen molar-refractivity contribution in [2.45, 2.75) is 18.4 Å². The molecule has 2 amide bonds. The maximum Gasteiger partial charge on any atom is 0.271 e. The lowest BCUT2D eigenvalue weighted by Crippen LogP contribution is -2.31. The van der Waals surface area contributed by atoms with Crippen LogP contribution in [0.4, 0.5) is 5.69 Å². The number of nitrogens with two attached hydrogens (primary N) is 1. The summed E-state index contributed by atoms with van der Waals surface area (Å²) in [5, 5.41) is 4.39. The number of hydrogen-bond donors (Lipinski definition) is 2. The molecule has 11 heteroatoms. The first-order chi connectivity index (χ1) is 19.6. The molecule has 210 valence electrons. The summed E-state index contributed by atoms with van der Waals surface area (Å²) >= 11 is 6.23. The number of nitrogens with zero attached hydrogens (tertiary/aromatic N) is 2. The van der Waals surface area contributed by atoms with Gasteiger partial charge in [0.2, 0.25) is 0 Å². The number of sulfonamides is 1. The standard InChI is InChI=1S/C30H27ClN4O5S/c1-21-7-14-25(31)17-28(21)35(41(38,39)27-5-3-2-4-6-27)19-23-8-12-24(13-9-23)30(37)34-33-18-22-10-15-26(16-11-22)40-20-29(32)36/h2-18H,19-20H2,1H3,(H2,32,36)(H,34,37)/b33-18-. The predicted octanol–water partition coefficient (Wildman–Crippen LogP) is 4.67. The number of anilines is 1. The van der Waals surface area contributed by atoms with Gasteiger partial charge in [-0.15, -0.1) is 0 Å². The second-order valence-electron chi connectivity index (χ2n) is 8.98. The zero-order valence-electron chi connectivity index (χ0n) is 22.0. The van der Waals surface area contributed by atoms with E-state index >= 15 is 0 Å². The number of halogens is 1. The smallest absolute Gasteiger partial charge is 0.271 e. The Bertz CT molecular complexity index is 1660. The van der Waals surface area contributed by atoms with Crippen molar-refractivity contribution in [3.63, 3.8) is 0 Å². The van der Waals surface area contributed by atoms with E-state index in [1.54, 1.807) is 97.1 Å². The molecule has 4 aromatic carbocycles. The van der Waals surface area contributed by atoms with E-state index in [0.717, 1.165) is 5.56 Å². The molecule has 41 heavy (non-hydrogen) atoms.